The number of amides is 2. The molecule has 0 aliphatic carbocycles. The van der Waals surface area contributed by atoms with E-state index in [1.165, 1.54) is 6.92 Å². The molecule has 8 nitrogen and oxygen atoms in total. The first-order chi connectivity index (χ1) is 11.7. The van der Waals surface area contributed by atoms with Crippen molar-refractivity contribution in [3.63, 3.8) is 0 Å². The molecule has 0 saturated carbocycles. The maximum Gasteiger partial charge on any atom is 0.413 e. The molecule has 132 valence electrons. The molecular weight excluding hydrogens is 322 g/mol. The van der Waals surface area contributed by atoms with Crippen LogP contribution in [0.4, 0.5) is 27.8 Å². The van der Waals surface area contributed by atoms with E-state index in [2.05, 4.69) is 26.1 Å². The third-order valence-electron chi connectivity index (χ3n) is 2.75. The average Bonchev–Trinajstić information content (AvgIpc) is 2.47. The van der Waals surface area contributed by atoms with Gasteiger partial charge in [-0.3, -0.25) is 10.1 Å². The van der Waals surface area contributed by atoms with Crippen molar-refractivity contribution in [1.82, 2.24) is 10.2 Å². The number of nitrogens with zero attached hydrogens (tertiary/aromatic N) is 2. The van der Waals surface area contributed by atoms with Gasteiger partial charge in [-0.1, -0.05) is 6.07 Å². The lowest BCUT2D eigenvalue weighted by atomic mass is 10.2. The summed E-state index contributed by atoms with van der Waals surface area (Å²) in [5, 5.41) is 16.2. The Labute approximate surface area is 146 Å². The Bertz CT molecular complexity index is 754. The van der Waals surface area contributed by atoms with Crippen molar-refractivity contribution < 1.29 is 14.3 Å². The lowest BCUT2D eigenvalue weighted by molar-refractivity contribution is -0.114. The fourth-order valence-corrected chi connectivity index (χ4v) is 1.90. The van der Waals surface area contributed by atoms with Crippen LogP contribution in [-0.4, -0.2) is 27.8 Å². The normalized spacial score (nSPS) is 10.7. The Hall–Kier alpha value is -3.16. The zero-order valence-electron chi connectivity index (χ0n) is 14.6. The van der Waals surface area contributed by atoms with Crippen LogP contribution >= 0.6 is 0 Å². The summed E-state index contributed by atoms with van der Waals surface area (Å²) in [6.45, 7) is 6.78. The molecule has 0 radical (unpaired) electrons. The Morgan fingerprint density at radius 2 is 1.60 bits per heavy atom. The van der Waals surface area contributed by atoms with Crippen molar-refractivity contribution >= 4 is 35.0 Å². The van der Waals surface area contributed by atoms with Crippen molar-refractivity contribution in [2.45, 2.75) is 33.3 Å². The molecule has 1 heterocycles. The minimum Gasteiger partial charge on any atom is -0.444 e. The molecule has 0 unspecified atom stereocenters. The van der Waals surface area contributed by atoms with Crippen LogP contribution in [0.5, 0.6) is 0 Å². The lowest BCUT2D eigenvalue weighted by Crippen LogP contribution is -2.27. The van der Waals surface area contributed by atoms with Crippen molar-refractivity contribution in [3.8, 4) is 0 Å². The van der Waals surface area contributed by atoms with E-state index in [4.69, 9.17) is 4.74 Å². The first-order valence-electron chi connectivity index (χ1n) is 7.70. The van der Waals surface area contributed by atoms with Gasteiger partial charge in [0.25, 0.3) is 0 Å². The minimum absolute atomic E-state index is 0.144. The second kappa shape index (κ2) is 7.61. The van der Waals surface area contributed by atoms with Crippen LogP contribution in [0.15, 0.2) is 36.4 Å². The second-order valence-electron chi connectivity index (χ2n) is 6.32. The molecule has 0 bridgehead atoms. The summed E-state index contributed by atoms with van der Waals surface area (Å²) in [5.41, 5.74) is 0.833. The molecule has 2 rings (SSSR count). The number of anilines is 4. The molecule has 0 fully saturated rings. The molecule has 3 N–H and O–H groups in total. The quantitative estimate of drug-likeness (QED) is 0.784. The molecule has 0 aliphatic heterocycles. The Morgan fingerprint density at radius 1 is 0.960 bits per heavy atom. The molecule has 0 atom stereocenters. The molecule has 2 amide bonds. The Balaban J connectivity index is 1.98. The second-order valence-corrected chi connectivity index (χ2v) is 6.32. The van der Waals surface area contributed by atoms with Gasteiger partial charge in [0.15, 0.2) is 11.6 Å². The maximum absolute atomic E-state index is 11.7. The highest BCUT2D eigenvalue weighted by Gasteiger charge is 2.16. The van der Waals surface area contributed by atoms with Gasteiger partial charge in [0, 0.05) is 18.3 Å². The van der Waals surface area contributed by atoms with Gasteiger partial charge < -0.3 is 15.4 Å². The van der Waals surface area contributed by atoms with Crippen LogP contribution in [-0.2, 0) is 9.53 Å². The van der Waals surface area contributed by atoms with Gasteiger partial charge in [-0.15, -0.1) is 10.2 Å². The summed E-state index contributed by atoms with van der Waals surface area (Å²) >= 11 is 0. The van der Waals surface area contributed by atoms with Crippen molar-refractivity contribution in [2.75, 3.05) is 16.0 Å². The zero-order chi connectivity index (χ0) is 18.4. The Kier molecular flexibility index (Phi) is 5.53. The van der Waals surface area contributed by atoms with Crippen molar-refractivity contribution in [3.05, 3.63) is 36.4 Å². The minimum atomic E-state index is -0.592. The number of carbonyl (C=O) groups is 2. The van der Waals surface area contributed by atoms with E-state index in [9.17, 15) is 9.59 Å². The monoisotopic (exact) mass is 343 g/mol. The number of hydrogen-bond acceptors (Lipinski definition) is 6. The number of rotatable bonds is 4. The van der Waals surface area contributed by atoms with E-state index in [0.29, 0.717) is 11.5 Å². The van der Waals surface area contributed by atoms with Crippen LogP contribution < -0.4 is 16.0 Å². The summed E-state index contributed by atoms with van der Waals surface area (Å²) in [5.74, 6) is 0.635. The number of carbonyl (C=O) groups excluding carboxylic acids is 2. The topological polar surface area (TPSA) is 105 Å². The number of nitrogens with one attached hydrogen (secondary N) is 3. The van der Waals surface area contributed by atoms with Crippen LogP contribution in [0.3, 0.4) is 0 Å². The number of aromatic nitrogens is 2. The summed E-state index contributed by atoms with van der Waals surface area (Å²) in [6.07, 6.45) is -0.592. The van der Waals surface area contributed by atoms with Gasteiger partial charge in [-0.25, -0.2) is 4.79 Å². The van der Waals surface area contributed by atoms with E-state index in [0.717, 1.165) is 5.69 Å². The lowest BCUT2D eigenvalue weighted by Gasteiger charge is -2.19. The number of hydrogen-bond donors (Lipinski definition) is 3. The standard InChI is InChI=1S/C17H21N5O3/c1-11(23)18-12-6-5-7-13(10-12)19-14-8-9-15(22-21-14)20-16(24)25-17(2,3)4/h5-10H,1-4H3,(H,18,23)(H,19,21)(H,20,22,24). The maximum atomic E-state index is 11.7. The molecule has 2 aromatic rings. The third kappa shape index (κ3) is 6.46. The van der Waals surface area contributed by atoms with Crippen LogP contribution in [0.1, 0.15) is 27.7 Å². The Morgan fingerprint density at radius 3 is 2.20 bits per heavy atom. The molecule has 1 aromatic carbocycles. The summed E-state index contributed by atoms with van der Waals surface area (Å²) < 4.78 is 5.14. The fraction of sp³-hybridized carbons (Fsp3) is 0.294. The predicted octanol–water partition coefficient (Wildman–Crippen LogP) is 3.53. The molecule has 25 heavy (non-hydrogen) atoms. The van der Waals surface area contributed by atoms with Crippen molar-refractivity contribution in [1.29, 1.82) is 0 Å². The van der Waals surface area contributed by atoms with Gasteiger partial charge in [-0.2, -0.15) is 0 Å². The summed E-state index contributed by atoms with van der Waals surface area (Å²) in [4.78, 5) is 22.8. The van der Waals surface area contributed by atoms with Gasteiger partial charge in [0.1, 0.15) is 5.60 Å². The molecule has 0 saturated heterocycles. The fourth-order valence-electron chi connectivity index (χ4n) is 1.90. The van der Waals surface area contributed by atoms with E-state index in [1.54, 1.807) is 51.1 Å². The smallest absolute Gasteiger partial charge is 0.413 e. The van der Waals surface area contributed by atoms with Crippen LogP contribution in [0.2, 0.25) is 0 Å². The molecule has 0 spiro atoms. The van der Waals surface area contributed by atoms with Gasteiger partial charge >= 0.3 is 6.09 Å². The molecule has 8 heteroatoms. The molecule has 1 aromatic heterocycles. The van der Waals surface area contributed by atoms with Gasteiger partial charge in [0.2, 0.25) is 5.91 Å². The number of benzene rings is 1. The average molecular weight is 343 g/mol. The van der Waals surface area contributed by atoms with Crippen LogP contribution in [0, 0.1) is 0 Å². The first-order valence-corrected chi connectivity index (χ1v) is 7.70. The van der Waals surface area contributed by atoms with Crippen molar-refractivity contribution in [2.24, 2.45) is 0 Å². The predicted molar refractivity (Wildman–Crippen MR) is 95.9 cm³/mol. The highest BCUT2D eigenvalue weighted by atomic mass is 16.6. The van der Waals surface area contributed by atoms with Gasteiger partial charge in [0.05, 0.1) is 0 Å². The van der Waals surface area contributed by atoms with E-state index in [-0.39, 0.29) is 11.7 Å². The highest BCUT2D eigenvalue weighted by Crippen LogP contribution is 2.19. The van der Waals surface area contributed by atoms with E-state index in [1.807, 2.05) is 6.07 Å². The van der Waals surface area contributed by atoms with E-state index >= 15 is 0 Å². The SMILES string of the molecule is CC(=O)Nc1cccc(Nc2ccc(NC(=O)OC(C)(C)C)nn2)c1. The number of ether oxygens (including phenoxy) is 1. The highest BCUT2D eigenvalue weighted by molar-refractivity contribution is 5.89. The summed E-state index contributed by atoms with van der Waals surface area (Å²) in [6, 6.07) is 10.5. The zero-order valence-corrected chi connectivity index (χ0v) is 14.6. The first kappa shape index (κ1) is 18.2. The molecule has 0 aliphatic rings. The van der Waals surface area contributed by atoms with E-state index < -0.39 is 11.7 Å². The largest absolute Gasteiger partial charge is 0.444 e. The molecular formula is C17H21N5O3. The third-order valence-corrected chi connectivity index (χ3v) is 2.75. The summed E-state index contributed by atoms with van der Waals surface area (Å²) in [7, 11) is 0. The van der Waals surface area contributed by atoms with Crippen LogP contribution in [0.25, 0.3) is 0 Å². The van der Waals surface area contributed by atoms with Gasteiger partial charge in [-0.05, 0) is 51.1 Å².